The second kappa shape index (κ2) is 5.67. The molecule has 0 aromatic heterocycles. The van der Waals surface area contributed by atoms with Crippen LogP contribution in [0.15, 0.2) is 48.5 Å². The predicted octanol–water partition coefficient (Wildman–Crippen LogP) is 4.65. The van der Waals surface area contributed by atoms with Crippen LogP contribution in [0.1, 0.15) is 24.1 Å². The van der Waals surface area contributed by atoms with E-state index >= 15 is 0 Å². The maximum Gasteiger partial charge on any atom is 0.417 e. The summed E-state index contributed by atoms with van der Waals surface area (Å²) in [6, 6.07) is 12.8. The maximum atomic E-state index is 13.1. The third-order valence-electron chi connectivity index (χ3n) is 3.38. The van der Waals surface area contributed by atoms with Gasteiger partial charge in [-0.05, 0) is 36.7 Å². The fraction of sp³-hybridized carbons (Fsp3) is 0.250. The van der Waals surface area contributed by atoms with E-state index in [0.29, 0.717) is 5.56 Å². The smallest absolute Gasteiger partial charge is 0.313 e. The van der Waals surface area contributed by atoms with Gasteiger partial charge in [-0.2, -0.15) is 13.2 Å². The normalized spacial score (nSPS) is 13.2. The average molecular weight is 279 g/mol. The van der Waals surface area contributed by atoms with Crippen molar-refractivity contribution in [3.63, 3.8) is 0 Å². The number of rotatable bonds is 3. The number of hydrogen-bond donors (Lipinski definition) is 1. The molecule has 1 unspecified atom stereocenters. The van der Waals surface area contributed by atoms with Crippen LogP contribution >= 0.6 is 0 Å². The lowest BCUT2D eigenvalue weighted by atomic mass is 9.92. The van der Waals surface area contributed by atoms with Crippen molar-refractivity contribution in [2.24, 2.45) is 0 Å². The zero-order chi connectivity index (χ0) is 14.8. The molecule has 1 atom stereocenters. The molecule has 0 heterocycles. The summed E-state index contributed by atoms with van der Waals surface area (Å²) in [5, 5.41) is 3.07. The van der Waals surface area contributed by atoms with Crippen LogP contribution in [-0.4, -0.2) is 7.05 Å². The number of benzene rings is 2. The third-order valence-corrected chi connectivity index (χ3v) is 3.38. The van der Waals surface area contributed by atoms with Gasteiger partial charge in [0.05, 0.1) is 5.56 Å². The molecule has 4 heteroatoms. The molecule has 0 aliphatic rings. The SMILES string of the molecule is CNC(C)c1ccccc1-c1ccccc1C(F)(F)F. The summed E-state index contributed by atoms with van der Waals surface area (Å²) in [6.45, 7) is 1.93. The van der Waals surface area contributed by atoms with Gasteiger partial charge in [-0.1, -0.05) is 42.5 Å². The molecular formula is C16H16F3N. The van der Waals surface area contributed by atoms with Crippen LogP contribution in [0.2, 0.25) is 0 Å². The molecule has 0 spiro atoms. The highest BCUT2D eigenvalue weighted by Gasteiger charge is 2.33. The van der Waals surface area contributed by atoms with E-state index in [0.717, 1.165) is 11.6 Å². The van der Waals surface area contributed by atoms with Crippen molar-refractivity contribution in [2.75, 3.05) is 7.05 Å². The molecular weight excluding hydrogens is 263 g/mol. The molecule has 0 fully saturated rings. The van der Waals surface area contributed by atoms with Gasteiger partial charge in [0, 0.05) is 6.04 Å². The van der Waals surface area contributed by atoms with Gasteiger partial charge in [-0.25, -0.2) is 0 Å². The van der Waals surface area contributed by atoms with Crippen molar-refractivity contribution < 1.29 is 13.2 Å². The summed E-state index contributed by atoms with van der Waals surface area (Å²) in [5.41, 5.74) is 1.09. The van der Waals surface area contributed by atoms with E-state index in [4.69, 9.17) is 0 Å². The molecule has 0 amide bonds. The zero-order valence-corrected chi connectivity index (χ0v) is 11.3. The molecule has 0 aliphatic carbocycles. The lowest BCUT2D eigenvalue weighted by molar-refractivity contribution is -0.137. The van der Waals surface area contributed by atoms with Gasteiger partial charge < -0.3 is 5.32 Å². The highest BCUT2D eigenvalue weighted by Crippen LogP contribution is 2.39. The Morgan fingerprint density at radius 2 is 1.45 bits per heavy atom. The van der Waals surface area contributed by atoms with Crippen molar-refractivity contribution >= 4 is 0 Å². The van der Waals surface area contributed by atoms with Crippen molar-refractivity contribution in [3.8, 4) is 11.1 Å². The molecule has 1 nitrogen and oxygen atoms in total. The van der Waals surface area contributed by atoms with Crippen molar-refractivity contribution in [1.29, 1.82) is 0 Å². The first-order valence-corrected chi connectivity index (χ1v) is 6.38. The van der Waals surface area contributed by atoms with Crippen LogP contribution in [0.25, 0.3) is 11.1 Å². The van der Waals surface area contributed by atoms with E-state index in [-0.39, 0.29) is 11.6 Å². The Hall–Kier alpha value is -1.81. The molecule has 0 radical (unpaired) electrons. The number of hydrogen-bond acceptors (Lipinski definition) is 1. The quantitative estimate of drug-likeness (QED) is 0.862. The van der Waals surface area contributed by atoms with Crippen molar-refractivity contribution in [2.45, 2.75) is 19.1 Å². The Labute approximate surface area is 116 Å². The minimum Gasteiger partial charge on any atom is -0.313 e. The maximum absolute atomic E-state index is 13.1. The van der Waals surface area contributed by atoms with Gasteiger partial charge >= 0.3 is 6.18 Å². The van der Waals surface area contributed by atoms with Crippen LogP contribution in [-0.2, 0) is 6.18 Å². The van der Waals surface area contributed by atoms with Crippen LogP contribution < -0.4 is 5.32 Å². The molecule has 2 aromatic carbocycles. The Balaban J connectivity index is 2.64. The first-order chi connectivity index (χ1) is 9.45. The number of alkyl halides is 3. The largest absolute Gasteiger partial charge is 0.417 e. The number of halogens is 3. The lowest BCUT2D eigenvalue weighted by Gasteiger charge is -2.19. The topological polar surface area (TPSA) is 12.0 Å². The second-order valence-corrected chi connectivity index (χ2v) is 4.64. The predicted molar refractivity (Wildman–Crippen MR) is 74.4 cm³/mol. The van der Waals surface area contributed by atoms with E-state index in [2.05, 4.69) is 5.32 Å². The second-order valence-electron chi connectivity index (χ2n) is 4.64. The first-order valence-electron chi connectivity index (χ1n) is 6.38. The van der Waals surface area contributed by atoms with Crippen LogP contribution in [0.4, 0.5) is 13.2 Å². The molecule has 2 rings (SSSR count). The fourth-order valence-corrected chi connectivity index (χ4v) is 2.24. The van der Waals surface area contributed by atoms with E-state index in [1.165, 1.54) is 12.1 Å². The summed E-state index contributed by atoms with van der Waals surface area (Å²) < 4.78 is 39.4. The van der Waals surface area contributed by atoms with Gasteiger partial charge in [-0.15, -0.1) is 0 Å². The highest BCUT2D eigenvalue weighted by molar-refractivity contribution is 5.71. The summed E-state index contributed by atoms with van der Waals surface area (Å²) in [5.74, 6) is 0. The Kier molecular flexibility index (Phi) is 4.14. The van der Waals surface area contributed by atoms with Gasteiger partial charge in [0.25, 0.3) is 0 Å². The Morgan fingerprint density at radius 3 is 2.05 bits per heavy atom. The molecule has 20 heavy (non-hydrogen) atoms. The van der Waals surface area contributed by atoms with E-state index in [1.807, 2.05) is 19.1 Å². The minimum absolute atomic E-state index is 0.0208. The standard InChI is InChI=1S/C16H16F3N/c1-11(20-2)12-7-3-4-8-13(12)14-9-5-6-10-15(14)16(17,18)19/h3-11,20H,1-2H3. The summed E-state index contributed by atoms with van der Waals surface area (Å²) in [6.07, 6.45) is -4.35. The van der Waals surface area contributed by atoms with E-state index < -0.39 is 11.7 Å². The van der Waals surface area contributed by atoms with Crippen LogP contribution in [0, 0.1) is 0 Å². The van der Waals surface area contributed by atoms with Gasteiger partial charge in [0.2, 0.25) is 0 Å². The first kappa shape index (κ1) is 14.6. The Morgan fingerprint density at radius 1 is 0.900 bits per heavy atom. The van der Waals surface area contributed by atoms with Gasteiger partial charge in [0.1, 0.15) is 0 Å². The number of nitrogens with one attached hydrogen (secondary N) is 1. The van der Waals surface area contributed by atoms with Crippen LogP contribution in [0.5, 0.6) is 0 Å². The Bertz CT molecular complexity index is 590. The molecule has 0 saturated carbocycles. The van der Waals surface area contributed by atoms with Gasteiger partial charge in [0.15, 0.2) is 0 Å². The van der Waals surface area contributed by atoms with E-state index in [9.17, 15) is 13.2 Å². The van der Waals surface area contributed by atoms with Crippen molar-refractivity contribution in [3.05, 3.63) is 59.7 Å². The molecule has 106 valence electrons. The fourth-order valence-electron chi connectivity index (χ4n) is 2.24. The molecule has 2 aromatic rings. The highest BCUT2D eigenvalue weighted by atomic mass is 19.4. The molecule has 0 saturated heterocycles. The van der Waals surface area contributed by atoms with Crippen molar-refractivity contribution in [1.82, 2.24) is 5.32 Å². The third kappa shape index (κ3) is 2.85. The summed E-state index contributed by atoms with van der Waals surface area (Å²) in [7, 11) is 1.79. The average Bonchev–Trinajstić information content (AvgIpc) is 2.45. The van der Waals surface area contributed by atoms with Gasteiger partial charge in [-0.3, -0.25) is 0 Å². The monoisotopic (exact) mass is 279 g/mol. The summed E-state index contributed by atoms with van der Waals surface area (Å²) in [4.78, 5) is 0. The minimum atomic E-state index is -4.35. The summed E-state index contributed by atoms with van der Waals surface area (Å²) >= 11 is 0. The molecule has 0 bridgehead atoms. The zero-order valence-electron chi connectivity index (χ0n) is 11.3. The molecule has 0 aliphatic heterocycles. The van der Waals surface area contributed by atoms with E-state index in [1.54, 1.807) is 25.2 Å². The lowest BCUT2D eigenvalue weighted by Crippen LogP contribution is -2.14. The van der Waals surface area contributed by atoms with Crippen LogP contribution in [0.3, 0.4) is 0 Å². The molecule has 1 N–H and O–H groups in total.